The second kappa shape index (κ2) is 8.04. The molecule has 132 valence electrons. The highest BCUT2D eigenvalue weighted by Gasteiger charge is 2.29. The number of ether oxygens (including phenoxy) is 2. The van der Waals surface area contributed by atoms with Gasteiger partial charge in [0.15, 0.2) is 11.5 Å². The van der Waals surface area contributed by atoms with Gasteiger partial charge in [0.25, 0.3) is 5.91 Å². The highest BCUT2D eigenvalue weighted by Crippen LogP contribution is 2.29. The molecule has 24 heavy (non-hydrogen) atoms. The summed E-state index contributed by atoms with van der Waals surface area (Å²) in [5.74, 6) is -0.00849. The first kappa shape index (κ1) is 18.1. The molecule has 0 spiro atoms. The normalized spacial score (nSPS) is 17.7. The lowest BCUT2D eigenvalue weighted by molar-refractivity contribution is -0.143. The van der Waals surface area contributed by atoms with Gasteiger partial charge in [0.1, 0.15) is 0 Å². The van der Waals surface area contributed by atoms with Crippen molar-refractivity contribution < 1.29 is 24.2 Å². The lowest BCUT2D eigenvalue weighted by atomic mass is 9.97. The fraction of sp³-hybridized carbons (Fsp3) is 0.556. The van der Waals surface area contributed by atoms with Gasteiger partial charge in [-0.3, -0.25) is 9.59 Å². The number of nitrogens with zero attached hydrogens (tertiary/aromatic N) is 1. The maximum atomic E-state index is 12.7. The second-order valence-electron chi connectivity index (χ2n) is 6.50. The standard InChI is InChI=1S/C18H25NO5/c1-12(2)11-24-15-7-6-13(9-16(15)23-3)17(20)19-8-4-5-14(10-19)18(21)22/h6-7,9,12,14H,4-5,8,10-11H2,1-3H3,(H,21,22). The highest BCUT2D eigenvalue weighted by molar-refractivity contribution is 5.95. The maximum Gasteiger partial charge on any atom is 0.308 e. The number of hydrogen-bond acceptors (Lipinski definition) is 4. The van der Waals surface area contributed by atoms with Crippen LogP contribution in [0.3, 0.4) is 0 Å². The van der Waals surface area contributed by atoms with Crippen molar-refractivity contribution in [1.82, 2.24) is 4.90 Å². The average Bonchev–Trinajstić information content (AvgIpc) is 2.59. The molecule has 1 aliphatic rings. The summed E-state index contributed by atoms with van der Waals surface area (Å²) in [5, 5.41) is 9.16. The van der Waals surface area contributed by atoms with E-state index in [9.17, 15) is 9.59 Å². The van der Waals surface area contributed by atoms with Gasteiger partial charge in [0, 0.05) is 18.7 Å². The first-order valence-electron chi connectivity index (χ1n) is 8.25. The Morgan fingerprint density at radius 1 is 1.33 bits per heavy atom. The topological polar surface area (TPSA) is 76.1 Å². The maximum absolute atomic E-state index is 12.7. The molecule has 1 N–H and O–H groups in total. The van der Waals surface area contributed by atoms with Crippen LogP contribution in [-0.2, 0) is 4.79 Å². The molecule has 1 fully saturated rings. The molecule has 1 saturated heterocycles. The van der Waals surface area contributed by atoms with Crippen LogP contribution in [0, 0.1) is 11.8 Å². The Bertz CT molecular complexity index is 599. The van der Waals surface area contributed by atoms with E-state index in [0.717, 1.165) is 0 Å². The van der Waals surface area contributed by atoms with Crippen molar-refractivity contribution in [2.24, 2.45) is 11.8 Å². The van der Waals surface area contributed by atoms with Gasteiger partial charge in [0.05, 0.1) is 19.6 Å². The minimum Gasteiger partial charge on any atom is -0.493 e. The smallest absolute Gasteiger partial charge is 0.308 e. The molecule has 0 radical (unpaired) electrons. The second-order valence-corrected chi connectivity index (χ2v) is 6.50. The van der Waals surface area contributed by atoms with Crippen molar-refractivity contribution in [3.63, 3.8) is 0 Å². The number of likely N-dealkylation sites (tertiary alicyclic amines) is 1. The summed E-state index contributed by atoms with van der Waals surface area (Å²) in [7, 11) is 1.53. The Kier molecular flexibility index (Phi) is 6.06. The van der Waals surface area contributed by atoms with Crippen LogP contribution in [0.25, 0.3) is 0 Å². The minimum absolute atomic E-state index is 0.172. The van der Waals surface area contributed by atoms with E-state index in [1.807, 2.05) is 0 Å². The van der Waals surface area contributed by atoms with Crippen molar-refractivity contribution in [2.75, 3.05) is 26.8 Å². The molecule has 0 bridgehead atoms. The molecular formula is C18H25NO5. The number of carboxylic acid groups (broad SMARTS) is 1. The van der Waals surface area contributed by atoms with E-state index in [1.165, 1.54) is 7.11 Å². The molecule has 1 aromatic carbocycles. The quantitative estimate of drug-likeness (QED) is 0.865. The van der Waals surface area contributed by atoms with E-state index in [-0.39, 0.29) is 12.5 Å². The molecule has 6 nitrogen and oxygen atoms in total. The molecule has 0 aliphatic carbocycles. The Balaban J connectivity index is 2.13. The van der Waals surface area contributed by atoms with Gasteiger partial charge in [-0.2, -0.15) is 0 Å². The molecule has 1 atom stereocenters. The largest absolute Gasteiger partial charge is 0.493 e. The van der Waals surface area contributed by atoms with Gasteiger partial charge >= 0.3 is 5.97 Å². The van der Waals surface area contributed by atoms with Gasteiger partial charge < -0.3 is 19.5 Å². The summed E-state index contributed by atoms with van der Waals surface area (Å²) in [4.78, 5) is 25.4. The molecule has 1 aliphatic heterocycles. The zero-order valence-corrected chi connectivity index (χ0v) is 14.4. The molecule has 2 rings (SSSR count). The molecule has 0 saturated carbocycles. The summed E-state index contributed by atoms with van der Waals surface area (Å²) in [6.45, 7) is 5.51. The van der Waals surface area contributed by atoms with Gasteiger partial charge in [-0.1, -0.05) is 13.8 Å². The lowest BCUT2D eigenvalue weighted by Gasteiger charge is -2.30. The average molecular weight is 335 g/mol. The molecule has 1 heterocycles. The third-order valence-electron chi connectivity index (χ3n) is 4.04. The van der Waals surface area contributed by atoms with Crippen LogP contribution in [0.4, 0.5) is 0 Å². The molecule has 1 aromatic rings. The zero-order valence-electron chi connectivity index (χ0n) is 14.4. The molecule has 1 amide bonds. The van der Waals surface area contributed by atoms with Crippen LogP contribution in [-0.4, -0.2) is 48.7 Å². The van der Waals surface area contributed by atoms with Crippen molar-refractivity contribution >= 4 is 11.9 Å². The summed E-state index contributed by atoms with van der Waals surface area (Å²) >= 11 is 0. The predicted octanol–water partition coefficient (Wildman–Crippen LogP) is 2.67. The summed E-state index contributed by atoms with van der Waals surface area (Å²) < 4.78 is 11.0. The Labute approximate surface area is 142 Å². The van der Waals surface area contributed by atoms with E-state index in [4.69, 9.17) is 14.6 Å². The number of aliphatic carboxylic acids is 1. The van der Waals surface area contributed by atoms with Crippen molar-refractivity contribution in [2.45, 2.75) is 26.7 Å². The third-order valence-corrected chi connectivity index (χ3v) is 4.04. The summed E-state index contributed by atoms with van der Waals surface area (Å²) in [5.41, 5.74) is 0.481. The number of piperidine rings is 1. The Morgan fingerprint density at radius 3 is 2.71 bits per heavy atom. The van der Waals surface area contributed by atoms with E-state index in [1.54, 1.807) is 23.1 Å². The van der Waals surface area contributed by atoms with Gasteiger partial charge in [0.2, 0.25) is 0 Å². The fourth-order valence-corrected chi connectivity index (χ4v) is 2.72. The zero-order chi connectivity index (χ0) is 17.7. The van der Waals surface area contributed by atoms with Gasteiger partial charge in [-0.25, -0.2) is 0 Å². The van der Waals surface area contributed by atoms with Crippen LogP contribution in [0.2, 0.25) is 0 Å². The van der Waals surface area contributed by atoms with Crippen LogP contribution in [0.1, 0.15) is 37.0 Å². The third kappa shape index (κ3) is 4.40. The molecule has 1 unspecified atom stereocenters. The Morgan fingerprint density at radius 2 is 2.08 bits per heavy atom. The number of rotatable bonds is 6. The first-order valence-corrected chi connectivity index (χ1v) is 8.25. The number of carboxylic acids is 1. The van der Waals surface area contributed by atoms with Crippen molar-refractivity contribution in [1.29, 1.82) is 0 Å². The number of hydrogen-bond donors (Lipinski definition) is 1. The van der Waals surface area contributed by atoms with Gasteiger partial charge in [-0.15, -0.1) is 0 Å². The number of methoxy groups -OCH3 is 1. The van der Waals surface area contributed by atoms with Crippen LogP contribution in [0.5, 0.6) is 11.5 Å². The van der Waals surface area contributed by atoms with E-state index < -0.39 is 11.9 Å². The van der Waals surface area contributed by atoms with Crippen molar-refractivity contribution in [3.8, 4) is 11.5 Å². The lowest BCUT2D eigenvalue weighted by Crippen LogP contribution is -2.42. The number of carbonyl (C=O) groups excluding carboxylic acids is 1. The van der Waals surface area contributed by atoms with E-state index in [0.29, 0.717) is 49.0 Å². The molecular weight excluding hydrogens is 310 g/mol. The number of benzene rings is 1. The van der Waals surface area contributed by atoms with Crippen LogP contribution in [0.15, 0.2) is 18.2 Å². The Hall–Kier alpha value is -2.24. The van der Waals surface area contributed by atoms with Crippen molar-refractivity contribution in [3.05, 3.63) is 23.8 Å². The monoisotopic (exact) mass is 335 g/mol. The van der Waals surface area contributed by atoms with E-state index >= 15 is 0 Å². The van der Waals surface area contributed by atoms with Crippen LogP contribution >= 0.6 is 0 Å². The highest BCUT2D eigenvalue weighted by atomic mass is 16.5. The first-order chi connectivity index (χ1) is 11.4. The molecule has 6 heteroatoms. The SMILES string of the molecule is COc1cc(C(=O)N2CCCC(C(=O)O)C2)ccc1OCC(C)C. The van der Waals surface area contributed by atoms with Gasteiger partial charge in [-0.05, 0) is 37.0 Å². The summed E-state index contributed by atoms with van der Waals surface area (Å²) in [6.07, 6.45) is 1.32. The minimum atomic E-state index is -0.845. The van der Waals surface area contributed by atoms with E-state index in [2.05, 4.69) is 13.8 Å². The molecule has 0 aromatic heterocycles. The predicted molar refractivity (Wildman–Crippen MR) is 89.6 cm³/mol. The fourth-order valence-electron chi connectivity index (χ4n) is 2.72. The number of amides is 1. The number of carbonyl (C=O) groups is 2. The summed E-state index contributed by atoms with van der Waals surface area (Å²) in [6, 6.07) is 5.08. The van der Waals surface area contributed by atoms with Crippen LogP contribution < -0.4 is 9.47 Å².